The van der Waals surface area contributed by atoms with E-state index in [4.69, 9.17) is 0 Å². The van der Waals surface area contributed by atoms with Gasteiger partial charge < -0.3 is 4.84 Å². The number of alkyl halides is 5. The van der Waals surface area contributed by atoms with Crippen LogP contribution in [0.25, 0.3) is 0 Å². The lowest BCUT2D eigenvalue weighted by molar-refractivity contribution is -0.288. The Hall–Kier alpha value is -1.21. The molecule has 0 aromatic heterocycles. The Bertz CT molecular complexity index is 352. The van der Waals surface area contributed by atoms with Gasteiger partial charge in [0.1, 0.15) is 0 Å². The van der Waals surface area contributed by atoms with Crippen LogP contribution in [0.2, 0.25) is 0 Å². The predicted molar refractivity (Wildman–Crippen MR) is 54.9 cm³/mol. The largest absolute Gasteiger partial charge is 0.453 e. The van der Waals surface area contributed by atoms with E-state index in [1.165, 1.54) is 0 Å². The maximum atomic E-state index is 12.4. The zero-order valence-electron chi connectivity index (χ0n) is 9.31. The van der Waals surface area contributed by atoms with Crippen LogP contribution in [0.15, 0.2) is 30.3 Å². The van der Waals surface area contributed by atoms with Gasteiger partial charge in [0.15, 0.2) is 0 Å². The second kappa shape index (κ2) is 6.10. The van der Waals surface area contributed by atoms with Gasteiger partial charge in [-0.05, 0) is 5.56 Å². The molecule has 0 fully saturated rings. The van der Waals surface area contributed by atoms with Gasteiger partial charge in [-0.3, -0.25) is 0 Å². The van der Waals surface area contributed by atoms with Gasteiger partial charge in [0.2, 0.25) is 0 Å². The molecular weight excluding hydrogens is 257 g/mol. The summed E-state index contributed by atoms with van der Waals surface area (Å²) in [5.74, 6) is -4.72. The standard InChI is InChI=1S/C11H12F5NO/c12-10(13,11(14,15)16)6-7-18-17-8-9-4-2-1-3-5-9/h1-5,17H,6-8H2. The fourth-order valence-corrected chi connectivity index (χ4v) is 1.12. The van der Waals surface area contributed by atoms with E-state index in [9.17, 15) is 22.0 Å². The van der Waals surface area contributed by atoms with Crippen LogP contribution in [-0.4, -0.2) is 18.7 Å². The Balaban J connectivity index is 2.20. The summed E-state index contributed by atoms with van der Waals surface area (Å²) in [4.78, 5) is 4.54. The van der Waals surface area contributed by atoms with Gasteiger partial charge in [-0.1, -0.05) is 30.3 Å². The Labute approximate surface area is 101 Å². The molecule has 1 N–H and O–H groups in total. The molecule has 0 radical (unpaired) electrons. The van der Waals surface area contributed by atoms with Crippen LogP contribution in [-0.2, 0) is 11.4 Å². The summed E-state index contributed by atoms with van der Waals surface area (Å²) >= 11 is 0. The minimum absolute atomic E-state index is 0.235. The maximum absolute atomic E-state index is 12.4. The van der Waals surface area contributed by atoms with Crippen molar-refractivity contribution in [3.8, 4) is 0 Å². The van der Waals surface area contributed by atoms with E-state index in [0.29, 0.717) is 0 Å². The third kappa shape index (κ3) is 4.58. The van der Waals surface area contributed by atoms with Crippen LogP contribution in [0.3, 0.4) is 0 Å². The Morgan fingerprint density at radius 1 is 1.00 bits per heavy atom. The van der Waals surface area contributed by atoms with Gasteiger partial charge in [0.05, 0.1) is 6.61 Å². The molecular formula is C11H12F5NO. The average molecular weight is 269 g/mol. The molecule has 0 aliphatic heterocycles. The summed E-state index contributed by atoms with van der Waals surface area (Å²) in [5.41, 5.74) is 3.16. The predicted octanol–water partition coefficient (Wildman–Crippen LogP) is 3.30. The van der Waals surface area contributed by atoms with Crippen LogP contribution in [0.5, 0.6) is 0 Å². The molecule has 0 unspecified atom stereocenters. The van der Waals surface area contributed by atoms with E-state index in [1.54, 1.807) is 30.3 Å². The second-order valence-corrected chi connectivity index (χ2v) is 3.61. The molecule has 2 nitrogen and oxygen atoms in total. The van der Waals surface area contributed by atoms with E-state index in [0.717, 1.165) is 5.56 Å². The molecule has 1 aromatic rings. The third-order valence-electron chi connectivity index (χ3n) is 2.15. The molecule has 0 amide bonds. The molecule has 1 rings (SSSR count). The van der Waals surface area contributed by atoms with E-state index in [-0.39, 0.29) is 6.54 Å². The molecule has 0 heterocycles. The van der Waals surface area contributed by atoms with Crippen LogP contribution >= 0.6 is 0 Å². The molecule has 102 valence electrons. The lowest BCUT2D eigenvalue weighted by atomic mass is 10.2. The van der Waals surface area contributed by atoms with Gasteiger partial charge in [-0.25, -0.2) is 0 Å². The number of hydroxylamine groups is 1. The molecule has 0 atom stereocenters. The highest BCUT2D eigenvalue weighted by molar-refractivity contribution is 5.13. The zero-order chi connectivity index (χ0) is 13.6. The second-order valence-electron chi connectivity index (χ2n) is 3.61. The number of nitrogens with one attached hydrogen (secondary N) is 1. The van der Waals surface area contributed by atoms with Crippen molar-refractivity contribution in [1.82, 2.24) is 5.48 Å². The van der Waals surface area contributed by atoms with Gasteiger partial charge >= 0.3 is 12.1 Å². The monoisotopic (exact) mass is 269 g/mol. The van der Waals surface area contributed by atoms with Crippen LogP contribution in [0, 0.1) is 0 Å². The van der Waals surface area contributed by atoms with Crippen LogP contribution < -0.4 is 5.48 Å². The summed E-state index contributed by atoms with van der Waals surface area (Å²) in [6, 6.07) is 8.87. The van der Waals surface area contributed by atoms with Crippen molar-refractivity contribution in [2.45, 2.75) is 25.1 Å². The molecule has 0 aliphatic carbocycles. The van der Waals surface area contributed by atoms with Crippen LogP contribution in [0.1, 0.15) is 12.0 Å². The maximum Gasteiger partial charge on any atom is 0.453 e. The third-order valence-corrected chi connectivity index (χ3v) is 2.15. The normalized spacial score (nSPS) is 12.7. The lowest BCUT2D eigenvalue weighted by Gasteiger charge is -2.19. The first-order valence-electron chi connectivity index (χ1n) is 5.16. The van der Waals surface area contributed by atoms with Crippen LogP contribution in [0.4, 0.5) is 22.0 Å². The number of rotatable bonds is 6. The van der Waals surface area contributed by atoms with Gasteiger partial charge in [-0.2, -0.15) is 27.4 Å². The minimum atomic E-state index is -5.53. The molecule has 0 aliphatic rings. The van der Waals surface area contributed by atoms with Crippen molar-refractivity contribution in [3.63, 3.8) is 0 Å². The molecule has 18 heavy (non-hydrogen) atoms. The van der Waals surface area contributed by atoms with Crippen molar-refractivity contribution in [1.29, 1.82) is 0 Å². The van der Waals surface area contributed by atoms with E-state index in [1.807, 2.05) is 0 Å². The first kappa shape index (κ1) is 14.8. The fraction of sp³-hybridized carbons (Fsp3) is 0.455. The first-order valence-corrected chi connectivity index (χ1v) is 5.16. The van der Waals surface area contributed by atoms with E-state index in [2.05, 4.69) is 10.3 Å². The molecule has 7 heteroatoms. The summed E-state index contributed by atoms with van der Waals surface area (Å²) in [6.45, 7) is -0.488. The van der Waals surface area contributed by atoms with Crippen molar-refractivity contribution in [2.75, 3.05) is 6.61 Å². The number of hydrogen-bond acceptors (Lipinski definition) is 2. The van der Waals surface area contributed by atoms with Crippen molar-refractivity contribution in [3.05, 3.63) is 35.9 Å². The molecule has 1 aromatic carbocycles. The highest BCUT2D eigenvalue weighted by Crippen LogP contribution is 2.37. The highest BCUT2D eigenvalue weighted by Gasteiger charge is 2.56. The highest BCUT2D eigenvalue weighted by atomic mass is 19.4. The SMILES string of the molecule is FC(F)(F)C(F)(F)CCONCc1ccccc1. The van der Waals surface area contributed by atoms with Gasteiger partial charge in [-0.15, -0.1) is 0 Å². The first-order chi connectivity index (χ1) is 8.33. The summed E-state index contributed by atoms with van der Waals surface area (Å²) in [6.07, 6.45) is -6.94. The average Bonchev–Trinajstić information content (AvgIpc) is 2.28. The number of hydrogen-bond donors (Lipinski definition) is 1. The Morgan fingerprint density at radius 2 is 1.61 bits per heavy atom. The summed E-state index contributed by atoms with van der Waals surface area (Å²) < 4.78 is 60.2. The fourth-order valence-electron chi connectivity index (χ4n) is 1.12. The zero-order valence-corrected chi connectivity index (χ0v) is 9.31. The smallest absolute Gasteiger partial charge is 0.301 e. The Morgan fingerprint density at radius 3 is 2.17 bits per heavy atom. The molecule has 0 saturated carbocycles. The molecule has 0 saturated heterocycles. The van der Waals surface area contributed by atoms with Crippen molar-refractivity contribution < 1.29 is 26.8 Å². The van der Waals surface area contributed by atoms with E-state index >= 15 is 0 Å². The minimum Gasteiger partial charge on any atom is -0.301 e. The topological polar surface area (TPSA) is 21.3 Å². The van der Waals surface area contributed by atoms with Gasteiger partial charge in [0, 0.05) is 13.0 Å². The summed E-state index contributed by atoms with van der Waals surface area (Å²) in [5, 5.41) is 0. The van der Waals surface area contributed by atoms with Gasteiger partial charge in [0.25, 0.3) is 0 Å². The number of benzene rings is 1. The Kier molecular flexibility index (Phi) is 5.03. The van der Waals surface area contributed by atoms with Crippen molar-refractivity contribution in [2.24, 2.45) is 0 Å². The van der Waals surface area contributed by atoms with E-state index < -0.39 is 25.1 Å². The quantitative estimate of drug-likeness (QED) is 0.486. The molecule has 0 spiro atoms. The lowest BCUT2D eigenvalue weighted by Crippen LogP contribution is -2.37. The van der Waals surface area contributed by atoms with Crippen molar-refractivity contribution >= 4 is 0 Å². The molecule has 0 bridgehead atoms. The summed E-state index contributed by atoms with van der Waals surface area (Å²) in [7, 11) is 0. The number of halogens is 5.